The van der Waals surface area contributed by atoms with Crippen molar-refractivity contribution < 1.29 is 17.9 Å². The lowest BCUT2D eigenvalue weighted by Crippen LogP contribution is -2.37. The Bertz CT molecular complexity index is 1200. The zero-order chi connectivity index (χ0) is 26.5. The minimum atomic E-state index is -4.70. The third kappa shape index (κ3) is 8.15. The van der Waals surface area contributed by atoms with Crippen LogP contribution < -0.4 is 15.8 Å². The molecule has 0 atom stereocenters. The Morgan fingerprint density at radius 1 is 0.923 bits per heavy atom. The van der Waals surface area contributed by atoms with Crippen molar-refractivity contribution in [3.8, 4) is 16.9 Å². The quantitative estimate of drug-likeness (QED) is 0.259. The fourth-order valence-electron chi connectivity index (χ4n) is 6.33. The van der Waals surface area contributed by atoms with Crippen molar-refractivity contribution in [3.63, 3.8) is 0 Å². The van der Waals surface area contributed by atoms with Crippen LogP contribution in [0.2, 0.25) is 0 Å². The highest BCUT2D eigenvalue weighted by atomic mass is 35.5. The molecule has 5 rings (SSSR count). The third-order valence-electron chi connectivity index (χ3n) is 8.37. The van der Waals surface area contributed by atoms with Gasteiger partial charge in [0.25, 0.3) is 0 Å². The number of ether oxygens (including phenoxy) is 1. The molecule has 3 N–H and O–H groups in total. The molecule has 0 unspecified atom stereocenters. The van der Waals surface area contributed by atoms with Gasteiger partial charge in [0.15, 0.2) is 0 Å². The van der Waals surface area contributed by atoms with E-state index in [1.807, 2.05) is 12.1 Å². The van der Waals surface area contributed by atoms with Crippen LogP contribution in [0, 0.1) is 5.92 Å². The Morgan fingerprint density at radius 2 is 1.67 bits per heavy atom. The monoisotopic (exact) mass is 563 g/mol. The van der Waals surface area contributed by atoms with Crippen LogP contribution in [0.4, 0.5) is 13.2 Å². The van der Waals surface area contributed by atoms with Crippen molar-refractivity contribution >= 4 is 23.3 Å². The van der Waals surface area contributed by atoms with Crippen molar-refractivity contribution in [2.24, 2.45) is 11.7 Å². The number of benzene rings is 2. The molecular formula is C31H41ClF3N3O. The predicted molar refractivity (Wildman–Crippen MR) is 154 cm³/mol. The van der Waals surface area contributed by atoms with Gasteiger partial charge in [0, 0.05) is 35.7 Å². The second kappa shape index (κ2) is 13.4. The normalized spacial score (nSPS) is 20.6. The average Bonchev–Trinajstić information content (AvgIpc) is 3.24. The van der Waals surface area contributed by atoms with Gasteiger partial charge in [-0.2, -0.15) is 0 Å². The summed E-state index contributed by atoms with van der Waals surface area (Å²) in [5, 5.41) is 4.93. The highest BCUT2D eigenvalue weighted by Crippen LogP contribution is 2.33. The van der Waals surface area contributed by atoms with Gasteiger partial charge in [0.1, 0.15) is 5.75 Å². The Morgan fingerprint density at radius 3 is 2.41 bits per heavy atom. The Labute approximate surface area is 235 Å². The SMILES string of the molecule is Cl.NC1CCC(NCCCc2cn(CC3CCCCC3)c3ccc(-c4cccc(OC(F)(F)F)c4)cc23)CC1. The van der Waals surface area contributed by atoms with Crippen LogP contribution in [-0.4, -0.2) is 29.6 Å². The summed E-state index contributed by atoms with van der Waals surface area (Å²) in [5.74, 6) is 0.516. The first-order valence-electron chi connectivity index (χ1n) is 14.3. The van der Waals surface area contributed by atoms with Crippen LogP contribution in [0.25, 0.3) is 22.0 Å². The van der Waals surface area contributed by atoms with Gasteiger partial charge in [-0.1, -0.05) is 37.5 Å². The molecule has 3 aromatic rings. The molecule has 0 radical (unpaired) electrons. The van der Waals surface area contributed by atoms with Crippen LogP contribution in [0.5, 0.6) is 5.75 Å². The van der Waals surface area contributed by atoms with E-state index in [-0.39, 0.29) is 18.2 Å². The van der Waals surface area contributed by atoms with E-state index in [0.717, 1.165) is 62.7 Å². The maximum Gasteiger partial charge on any atom is 0.573 e. The van der Waals surface area contributed by atoms with Crippen molar-refractivity contribution in [2.75, 3.05) is 6.54 Å². The molecule has 39 heavy (non-hydrogen) atoms. The van der Waals surface area contributed by atoms with E-state index in [4.69, 9.17) is 5.73 Å². The number of halogens is 4. The van der Waals surface area contributed by atoms with Gasteiger partial charge in [-0.25, -0.2) is 0 Å². The fourth-order valence-corrected chi connectivity index (χ4v) is 6.33. The molecule has 0 amide bonds. The number of rotatable bonds is 9. The summed E-state index contributed by atoms with van der Waals surface area (Å²) < 4.78 is 44.9. The second-order valence-electron chi connectivity index (χ2n) is 11.3. The summed E-state index contributed by atoms with van der Waals surface area (Å²) in [4.78, 5) is 0. The van der Waals surface area contributed by atoms with E-state index < -0.39 is 6.36 Å². The van der Waals surface area contributed by atoms with Gasteiger partial charge in [-0.15, -0.1) is 25.6 Å². The Balaban J connectivity index is 0.00000353. The number of nitrogens with zero attached hydrogens (tertiary/aromatic N) is 1. The third-order valence-corrected chi connectivity index (χ3v) is 8.37. The summed E-state index contributed by atoms with van der Waals surface area (Å²) in [7, 11) is 0. The van der Waals surface area contributed by atoms with E-state index in [9.17, 15) is 13.2 Å². The molecule has 2 aromatic carbocycles. The van der Waals surface area contributed by atoms with Crippen molar-refractivity contribution in [3.05, 3.63) is 54.2 Å². The minimum Gasteiger partial charge on any atom is -0.406 e. The van der Waals surface area contributed by atoms with E-state index in [1.165, 1.54) is 60.7 Å². The molecule has 0 aliphatic heterocycles. The number of aromatic nitrogens is 1. The summed E-state index contributed by atoms with van der Waals surface area (Å²) in [6.07, 6.45) is 10.7. The predicted octanol–water partition coefficient (Wildman–Crippen LogP) is 8.00. The second-order valence-corrected chi connectivity index (χ2v) is 11.3. The highest BCUT2D eigenvalue weighted by molar-refractivity contribution is 5.89. The van der Waals surface area contributed by atoms with Crippen molar-refractivity contribution in [1.82, 2.24) is 9.88 Å². The topological polar surface area (TPSA) is 52.2 Å². The number of fused-ring (bicyclic) bond motifs is 1. The van der Waals surface area contributed by atoms with Gasteiger partial charge in [0.05, 0.1) is 0 Å². The highest BCUT2D eigenvalue weighted by Gasteiger charge is 2.31. The van der Waals surface area contributed by atoms with E-state index in [0.29, 0.717) is 18.0 Å². The maximum absolute atomic E-state index is 12.8. The van der Waals surface area contributed by atoms with E-state index in [2.05, 4.69) is 33.0 Å². The van der Waals surface area contributed by atoms with Gasteiger partial charge in [0.2, 0.25) is 0 Å². The largest absolute Gasteiger partial charge is 0.573 e. The molecule has 1 heterocycles. The first-order chi connectivity index (χ1) is 18.3. The lowest BCUT2D eigenvalue weighted by Gasteiger charge is -2.26. The number of alkyl halides is 3. The molecule has 0 spiro atoms. The standard InChI is InChI=1S/C31H40F3N3O.ClH/c32-31(33,34)38-28-10-4-8-23(18-28)24-11-16-30-29(19-24)25(21-37(30)20-22-6-2-1-3-7-22)9-5-17-36-27-14-12-26(35)13-15-27;/h4,8,10-11,16,18-19,21-22,26-27,36H,1-3,5-7,9,12-15,17,20,35H2;1H. The van der Waals surface area contributed by atoms with Crippen LogP contribution in [0.1, 0.15) is 69.8 Å². The molecular weight excluding hydrogens is 523 g/mol. The summed E-state index contributed by atoms with van der Waals surface area (Å²) in [5.41, 5.74) is 10.2. The molecule has 2 aliphatic carbocycles. The van der Waals surface area contributed by atoms with Crippen LogP contribution in [-0.2, 0) is 13.0 Å². The number of aryl methyl sites for hydroxylation is 1. The molecule has 8 heteroatoms. The summed E-state index contributed by atoms with van der Waals surface area (Å²) >= 11 is 0. The van der Waals surface area contributed by atoms with Gasteiger partial charge in [-0.05, 0) is 105 Å². The van der Waals surface area contributed by atoms with Crippen molar-refractivity contribution in [2.45, 2.75) is 95.6 Å². The van der Waals surface area contributed by atoms with Crippen LogP contribution >= 0.6 is 12.4 Å². The average molecular weight is 564 g/mol. The first-order valence-corrected chi connectivity index (χ1v) is 14.3. The Hall–Kier alpha value is -2.22. The minimum absolute atomic E-state index is 0. The number of nitrogens with one attached hydrogen (secondary N) is 1. The van der Waals surface area contributed by atoms with Gasteiger partial charge >= 0.3 is 6.36 Å². The van der Waals surface area contributed by atoms with Gasteiger partial charge in [-0.3, -0.25) is 0 Å². The smallest absolute Gasteiger partial charge is 0.406 e. The van der Waals surface area contributed by atoms with E-state index >= 15 is 0 Å². The molecule has 0 bridgehead atoms. The summed E-state index contributed by atoms with van der Waals surface area (Å²) in [6.45, 7) is 2.01. The molecule has 2 aliphatic rings. The number of hydrogen-bond donors (Lipinski definition) is 2. The molecule has 4 nitrogen and oxygen atoms in total. The molecule has 1 aromatic heterocycles. The van der Waals surface area contributed by atoms with Crippen molar-refractivity contribution in [1.29, 1.82) is 0 Å². The van der Waals surface area contributed by atoms with Crippen LogP contribution in [0.3, 0.4) is 0 Å². The fraction of sp³-hybridized carbons (Fsp3) is 0.548. The van der Waals surface area contributed by atoms with Gasteiger partial charge < -0.3 is 20.4 Å². The molecule has 214 valence electrons. The molecule has 0 saturated heterocycles. The Kier molecular flexibility index (Phi) is 10.2. The maximum atomic E-state index is 12.8. The zero-order valence-corrected chi connectivity index (χ0v) is 23.3. The van der Waals surface area contributed by atoms with Crippen LogP contribution in [0.15, 0.2) is 48.7 Å². The molecule has 2 saturated carbocycles. The number of hydrogen-bond acceptors (Lipinski definition) is 3. The first kappa shape index (κ1) is 29.8. The number of nitrogens with two attached hydrogens (primary N) is 1. The zero-order valence-electron chi connectivity index (χ0n) is 22.5. The molecule has 2 fully saturated rings. The lowest BCUT2D eigenvalue weighted by molar-refractivity contribution is -0.274. The van der Waals surface area contributed by atoms with E-state index in [1.54, 1.807) is 6.07 Å². The summed E-state index contributed by atoms with van der Waals surface area (Å²) in [6, 6.07) is 13.5. The lowest BCUT2D eigenvalue weighted by atomic mass is 9.89.